The molecule has 0 aromatic carbocycles. The molecule has 0 saturated heterocycles. The molecule has 0 fully saturated rings. The molecule has 0 radical (unpaired) electrons. The van der Waals surface area contributed by atoms with Crippen molar-refractivity contribution in [2.75, 3.05) is 0 Å². The molecule has 0 bridgehead atoms. The van der Waals surface area contributed by atoms with Crippen molar-refractivity contribution >= 4 is 25.7 Å². The molecule has 0 aliphatic heterocycles. The number of unbranched alkanes of at least 4 members (excludes halogenated alkanes) is 18. The summed E-state index contributed by atoms with van der Waals surface area (Å²) >= 11 is 0. The summed E-state index contributed by atoms with van der Waals surface area (Å²) in [7, 11) is -4.58. The molecule has 6 atom stereocenters. The molecule has 0 heterocycles. The van der Waals surface area contributed by atoms with Crippen LogP contribution in [0.25, 0.3) is 0 Å². The molecule has 6 unspecified atom stereocenters. The maximum Gasteiger partial charge on any atom is 0.484 e. The predicted molar refractivity (Wildman–Crippen MR) is 268 cm³/mol. The van der Waals surface area contributed by atoms with Gasteiger partial charge in [-0.15, -0.1) is 0 Å². The van der Waals surface area contributed by atoms with Crippen LogP contribution in [0.3, 0.4) is 0 Å². The van der Waals surface area contributed by atoms with Crippen molar-refractivity contribution in [3.8, 4) is 0 Å². The monoisotopic (exact) mass is 945 g/mol. The summed E-state index contributed by atoms with van der Waals surface area (Å²) in [6, 6.07) is 0. The topological polar surface area (TPSA) is 124 Å². The molecule has 11 heteroatoms. The highest BCUT2D eigenvalue weighted by molar-refractivity contribution is 7.48. The first kappa shape index (κ1) is 63.5. The van der Waals surface area contributed by atoms with E-state index in [4.69, 9.17) is 27.8 Å². The fraction of sp³-hybridized carbons (Fsp3) is 0.944. The van der Waals surface area contributed by atoms with Crippen molar-refractivity contribution in [1.82, 2.24) is 0 Å². The highest BCUT2D eigenvalue weighted by atomic mass is 31.2. The Labute approximate surface area is 401 Å². The Morgan fingerprint density at radius 3 is 0.769 bits per heavy atom. The van der Waals surface area contributed by atoms with Crippen molar-refractivity contribution in [1.29, 1.82) is 0 Å². The van der Waals surface area contributed by atoms with Gasteiger partial charge in [-0.2, -0.15) is 0 Å². The quantitative estimate of drug-likeness (QED) is 0.0191. The van der Waals surface area contributed by atoms with Crippen molar-refractivity contribution in [2.24, 2.45) is 17.8 Å². The molecule has 0 amide bonds. The Morgan fingerprint density at radius 1 is 0.338 bits per heavy atom. The van der Waals surface area contributed by atoms with Gasteiger partial charge in [0.15, 0.2) is 0 Å². The van der Waals surface area contributed by atoms with Crippen LogP contribution in [0.1, 0.15) is 293 Å². The van der Waals surface area contributed by atoms with E-state index in [2.05, 4.69) is 41.5 Å². The molecule has 10 nitrogen and oxygen atoms in total. The Morgan fingerprint density at radius 2 is 0.554 bits per heavy atom. The van der Waals surface area contributed by atoms with Gasteiger partial charge in [-0.05, 0) is 57.8 Å². The maximum atomic E-state index is 14.0. The molecule has 0 aliphatic rings. The number of phosphoric acid groups is 1. The fourth-order valence-electron chi connectivity index (χ4n) is 9.06. The van der Waals surface area contributed by atoms with E-state index in [0.717, 1.165) is 75.5 Å². The number of ether oxygens (including phenoxy) is 3. The van der Waals surface area contributed by atoms with Crippen LogP contribution in [0.15, 0.2) is 0 Å². The zero-order valence-corrected chi connectivity index (χ0v) is 44.8. The smallest absolute Gasteiger partial charge is 0.435 e. The van der Waals surface area contributed by atoms with E-state index in [1.54, 1.807) is 0 Å². The van der Waals surface area contributed by atoms with Gasteiger partial charge in [0.05, 0.1) is 0 Å². The summed E-state index contributed by atoms with van der Waals surface area (Å²) in [5.41, 5.74) is 0. The fourth-order valence-corrected chi connectivity index (χ4v) is 10.4. The van der Waals surface area contributed by atoms with Gasteiger partial charge in [0.2, 0.25) is 18.9 Å². The van der Waals surface area contributed by atoms with Gasteiger partial charge in [0.25, 0.3) is 0 Å². The first-order valence-electron chi connectivity index (χ1n) is 27.6. The number of carbonyl (C=O) groups is 3. The van der Waals surface area contributed by atoms with E-state index in [9.17, 15) is 18.9 Å². The van der Waals surface area contributed by atoms with Gasteiger partial charge in [-0.1, -0.05) is 234 Å². The number of hydrogen-bond acceptors (Lipinski definition) is 10. The molecular weight excluding hydrogens is 840 g/mol. The summed E-state index contributed by atoms with van der Waals surface area (Å²) in [5, 5.41) is 0. The number of hydrogen-bond donors (Lipinski definition) is 0. The summed E-state index contributed by atoms with van der Waals surface area (Å²) in [6.07, 6.45) is 35.0. The maximum absolute atomic E-state index is 14.0. The zero-order chi connectivity index (χ0) is 48.4. The van der Waals surface area contributed by atoms with Gasteiger partial charge in [0, 0.05) is 19.3 Å². The third-order valence-corrected chi connectivity index (χ3v) is 14.7. The molecule has 0 N–H and O–H groups in total. The zero-order valence-electron chi connectivity index (χ0n) is 43.9. The molecule has 0 rings (SSSR count). The van der Waals surface area contributed by atoms with Gasteiger partial charge in [-0.25, -0.2) is 18.1 Å². The van der Waals surface area contributed by atoms with Crippen LogP contribution in [0, 0.1) is 17.8 Å². The van der Waals surface area contributed by atoms with Crippen molar-refractivity contribution < 1.29 is 46.7 Å². The second kappa shape index (κ2) is 43.8. The summed E-state index contributed by atoms with van der Waals surface area (Å²) in [6.45, 7) is 18.0. The highest BCUT2D eigenvalue weighted by Gasteiger charge is 2.37. The van der Waals surface area contributed by atoms with Crippen molar-refractivity contribution in [3.05, 3.63) is 0 Å². The van der Waals surface area contributed by atoms with E-state index >= 15 is 0 Å². The van der Waals surface area contributed by atoms with Gasteiger partial charge >= 0.3 is 25.7 Å². The van der Waals surface area contributed by atoms with E-state index in [0.29, 0.717) is 19.3 Å². The first-order chi connectivity index (χ1) is 31.3. The van der Waals surface area contributed by atoms with Gasteiger partial charge < -0.3 is 14.2 Å². The Kier molecular flexibility index (Phi) is 42.8. The van der Waals surface area contributed by atoms with Gasteiger partial charge in [0.1, 0.15) is 0 Å². The van der Waals surface area contributed by atoms with Gasteiger partial charge in [-0.3, -0.25) is 14.4 Å². The lowest BCUT2D eigenvalue weighted by Gasteiger charge is -2.26. The molecule has 0 aromatic rings. The molecule has 0 saturated carbocycles. The first-order valence-corrected chi connectivity index (χ1v) is 29.0. The Hall–Kier alpha value is -1.48. The molecule has 0 aromatic heterocycles. The van der Waals surface area contributed by atoms with Crippen molar-refractivity contribution in [2.45, 2.75) is 312 Å². The van der Waals surface area contributed by atoms with E-state index in [1.165, 1.54) is 156 Å². The van der Waals surface area contributed by atoms with Crippen LogP contribution in [-0.2, 0) is 46.7 Å². The number of esters is 3. The third-order valence-electron chi connectivity index (χ3n) is 13.0. The Balaban J connectivity index is 4.92. The molecular formula is C54H105O10P. The number of carbonyl (C=O) groups excluding carboxylic acids is 3. The minimum absolute atomic E-state index is 0.202. The molecule has 65 heavy (non-hydrogen) atoms. The second-order valence-corrected chi connectivity index (χ2v) is 20.7. The second-order valence-electron chi connectivity index (χ2n) is 19.2. The largest absolute Gasteiger partial charge is 0.484 e. The minimum Gasteiger partial charge on any atom is -0.435 e. The average molecular weight is 945 g/mol. The third kappa shape index (κ3) is 39.1. The normalized spacial score (nSPS) is 15.4. The molecule has 0 aliphatic carbocycles. The number of rotatable bonds is 48. The van der Waals surface area contributed by atoms with Crippen LogP contribution in [0.4, 0.5) is 0 Å². The standard InChI is InChI=1S/C54H105O10P/c1-10-37-49(13-4)40-31-25-19-16-22-28-34-43-52(55)59-46(7)62-65(58,63-47(8)60-53(56)44-35-29-23-17-20-26-32-41-50(14-5)38-11-2)64-48(9)61-54(57)45-36-30-24-18-21-27-33-42-51(15-6)39-12-3/h46-51H,10-45H2,1-9H3. The lowest BCUT2D eigenvalue weighted by atomic mass is 9.94. The van der Waals surface area contributed by atoms with E-state index in [1.807, 2.05) is 0 Å². The van der Waals surface area contributed by atoms with Crippen LogP contribution in [0.5, 0.6) is 0 Å². The predicted octanol–water partition coefficient (Wildman–Crippen LogP) is 17.8. The summed E-state index contributed by atoms with van der Waals surface area (Å²) in [5.74, 6) is 1.12. The highest BCUT2D eigenvalue weighted by Crippen LogP contribution is 2.53. The van der Waals surface area contributed by atoms with Crippen LogP contribution >= 0.6 is 7.82 Å². The van der Waals surface area contributed by atoms with Crippen LogP contribution < -0.4 is 0 Å². The lowest BCUT2D eigenvalue weighted by Crippen LogP contribution is -2.25. The average Bonchev–Trinajstić information content (AvgIpc) is 3.25. The minimum atomic E-state index is -4.58. The molecule has 386 valence electrons. The van der Waals surface area contributed by atoms with Crippen LogP contribution in [0.2, 0.25) is 0 Å². The summed E-state index contributed by atoms with van der Waals surface area (Å²) in [4.78, 5) is 38.2. The van der Waals surface area contributed by atoms with E-state index in [-0.39, 0.29) is 19.3 Å². The molecule has 0 spiro atoms. The van der Waals surface area contributed by atoms with Crippen molar-refractivity contribution in [3.63, 3.8) is 0 Å². The van der Waals surface area contributed by atoms with E-state index < -0.39 is 44.6 Å². The Bertz CT molecular complexity index is 1030. The van der Waals surface area contributed by atoms with Crippen LogP contribution in [-0.4, -0.2) is 36.8 Å². The summed E-state index contributed by atoms with van der Waals surface area (Å²) < 4.78 is 47.1. The SMILES string of the molecule is CCCC(CC)CCCCCCCCCC(=O)OC(C)OP(=O)(OC(C)OC(=O)CCCCCCCCCC(CC)CCC)OC(C)OC(=O)CCCCCCCCCC(CC)CCC. The lowest BCUT2D eigenvalue weighted by molar-refractivity contribution is -0.178. The number of phosphoric ester groups is 1.